The highest BCUT2D eigenvalue weighted by molar-refractivity contribution is 5.69. The first kappa shape index (κ1) is 12.4. The third kappa shape index (κ3) is 4.85. The molecule has 0 saturated heterocycles. The normalized spacial score (nSPS) is 15.8. The van der Waals surface area contributed by atoms with E-state index in [-0.39, 0.29) is 12.6 Å². The molecule has 0 bridgehead atoms. The van der Waals surface area contributed by atoms with Gasteiger partial charge in [0.15, 0.2) is 0 Å². The Morgan fingerprint density at radius 2 is 1.92 bits per heavy atom. The lowest BCUT2D eigenvalue weighted by molar-refractivity contribution is -0.141. The van der Waals surface area contributed by atoms with Crippen molar-refractivity contribution in [2.24, 2.45) is 11.8 Å². The van der Waals surface area contributed by atoms with Crippen LogP contribution in [0.1, 0.15) is 20.8 Å². The smallest absolute Gasteiger partial charge is 0.307 e. The second-order valence-corrected chi connectivity index (χ2v) is 3.68. The van der Waals surface area contributed by atoms with Crippen molar-refractivity contribution in [1.29, 1.82) is 0 Å². The molecule has 0 saturated carbocycles. The molecule has 1 unspecified atom stereocenters. The predicted molar refractivity (Wildman–Crippen MR) is 50.5 cm³/mol. The van der Waals surface area contributed by atoms with Crippen molar-refractivity contribution in [1.82, 2.24) is 5.32 Å². The highest BCUT2D eigenvalue weighted by atomic mass is 16.4. The minimum absolute atomic E-state index is 0.0122. The molecule has 3 N–H and O–H groups in total. The number of hydrogen-bond donors (Lipinski definition) is 3. The molecule has 0 radical (unpaired) electrons. The van der Waals surface area contributed by atoms with Gasteiger partial charge >= 0.3 is 5.97 Å². The molecule has 0 spiro atoms. The third-order valence-corrected chi connectivity index (χ3v) is 2.11. The minimum atomic E-state index is -0.812. The first-order chi connectivity index (χ1) is 5.99. The van der Waals surface area contributed by atoms with Crippen LogP contribution >= 0.6 is 0 Å². The fourth-order valence-electron chi connectivity index (χ4n) is 0.927. The van der Waals surface area contributed by atoms with Crippen LogP contribution in [0.5, 0.6) is 0 Å². The Kier molecular flexibility index (Phi) is 5.66. The lowest BCUT2D eigenvalue weighted by Gasteiger charge is -2.20. The quantitative estimate of drug-likeness (QED) is 0.562. The van der Waals surface area contributed by atoms with Gasteiger partial charge in [0.2, 0.25) is 0 Å². The molecule has 0 fully saturated rings. The van der Waals surface area contributed by atoms with E-state index in [9.17, 15) is 4.79 Å². The van der Waals surface area contributed by atoms with Crippen molar-refractivity contribution < 1.29 is 15.0 Å². The van der Waals surface area contributed by atoms with Gasteiger partial charge < -0.3 is 15.5 Å². The number of hydrogen-bond acceptors (Lipinski definition) is 3. The Bertz CT molecular complexity index is 159. The topological polar surface area (TPSA) is 69.6 Å². The zero-order chi connectivity index (χ0) is 10.4. The van der Waals surface area contributed by atoms with Gasteiger partial charge in [-0.05, 0) is 5.92 Å². The summed E-state index contributed by atoms with van der Waals surface area (Å²) >= 11 is 0. The number of aliphatic hydroxyl groups excluding tert-OH is 1. The van der Waals surface area contributed by atoms with Crippen molar-refractivity contribution in [2.75, 3.05) is 13.2 Å². The van der Waals surface area contributed by atoms with Crippen LogP contribution in [0, 0.1) is 11.8 Å². The predicted octanol–water partition coefficient (Wildman–Crippen LogP) is 0.314. The second kappa shape index (κ2) is 5.94. The lowest BCUT2D eigenvalue weighted by Crippen LogP contribution is -2.40. The third-order valence-electron chi connectivity index (χ3n) is 2.11. The van der Waals surface area contributed by atoms with Crippen LogP contribution in [-0.4, -0.2) is 35.4 Å². The van der Waals surface area contributed by atoms with E-state index in [1.54, 1.807) is 6.92 Å². The van der Waals surface area contributed by atoms with Gasteiger partial charge in [0, 0.05) is 12.6 Å². The van der Waals surface area contributed by atoms with Crippen molar-refractivity contribution in [3.05, 3.63) is 0 Å². The second-order valence-electron chi connectivity index (χ2n) is 3.68. The fraction of sp³-hybridized carbons (Fsp3) is 0.889. The van der Waals surface area contributed by atoms with Crippen LogP contribution in [0.15, 0.2) is 0 Å². The van der Waals surface area contributed by atoms with Crippen LogP contribution in [0.2, 0.25) is 0 Å². The van der Waals surface area contributed by atoms with Crippen LogP contribution in [-0.2, 0) is 4.79 Å². The van der Waals surface area contributed by atoms with Gasteiger partial charge in [0.25, 0.3) is 0 Å². The average molecular weight is 189 g/mol. The summed E-state index contributed by atoms with van der Waals surface area (Å²) in [6.07, 6.45) is 0. The molecule has 0 aromatic rings. The summed E-state index contributed by atoms with van der Waals surface area (Å²) in [5.74, 6) is -0.910. The maximum atomic E-state index is 10.5. The molecule has 0 rings (SSSR count). The highest BCUT2D eigenvalue weighted by Gasteiger charge is 2.15. The molecular formula is C9H19NO3. The zero-order valence-corrected chi connectivity index (χ0v) is 8.45. The molecule has 0 aliphatic carbocycles. The van der Waals surface area contributed by atoms with Crippen LogP contribution in [0.3, 0.4) is 0 Å². The Balaban J connectivity index is 3.78. The number of carbonyl (C=O) groups is 1. The van der Waals surface area contributed by atoms with E-state index in [2.05, 4.69) is 5.32 Å². The van der Waals surface area contributed by atoms with Gasteiger partial charge in [0.05, 0.1) is 12.5 Å². The zero-order valence-electron chi connectivity index (χ0n) is 8.45. The summed E-state index contributed by atoms with van der Waals surface area (Å²) < 4.78 is 0. The Morgan fingerprint density at radius 1 is 1.38 bits per heavy atom. The summed E-state index contributed by atoms with van der Waals surface area (Å²) in [7, 11) is 0. The summed E-state index contributed by atoms with van der Waals surface area (Å²) in [5.41, 5.74) is 0. The standard InChI is InChI=1S/C9H19NO3/c1-6(2)8(5-11)10-4-7(3)9(12)13/h6-8,10-11H,4-5H2,1-3H3,(H,12,13)/t7?,8-/m1/s1. The summed E-state index contributed by atoms with van der Waals surface area (Å²) in [6, 6.07) is -0.0122. The first-order valence-electron chi connectivity index (χ1n) is 4.56. The molecule has 4 heteroatoms. The summed E-state index contributed by atoms with van der Waals surface area (Å²) in [5, 5.41) is 20.6. The first-order valence-corrected chi connectivity index (χ1v) is 4.56. The number of carboxylic acid groups (broad SMARTS) is 1. The van der Waals surface area contributed by atoms with Crippen molar-refractivity contribution >= 4 is 5.97 Å². The molecule has 2 atom stereocenters. The largest absolute Gasteiger partial charge is 0.481 e. The highest BCUT2D eigenvalue weighted by Crippen LogP contribution is 2.01. The van der Waals surface area contributed by atoms with E-state index in [4.69, 9.17) is 10.2 Å². The molecular weight excluding hydrogens is 170 g/mol. The van der Waals surface area contributed by atoms with Crippen LogP contribution < -0.4 is 5.32 Å². The van der Waals surface area contributed by atoms with Gasteiger partial charge in [-0.2, -0.15) is 0 Å². The molecule has 78 valence electrons. The Morgan fingerprint density at radius 3 is 2.23 bits per heavy atom. The van der Waals surface area contributed by atoms with E-state index < -0.39 is 11.9 Å². The molecule has 0 aliphatic rings. The van der Waals surface area contributed by atoms with Gasteiger partial charge in [-0.25, -0.2) is 0 Å². The molecule has 0 aromatic heterocycles. The van der Waals surface area contributed by atoms with E-state index in [0.29, 0.717) is 12.5 Å². The van der Waals surface area contributed by atoms with Gasteiger partial charge in [-0.1, -0.05) is 20.8 Å². The number of carboxylic acids is 1. The van der Waals surface area contributed by atoms with E-state index in [1.807, 2.05) is 13.8 Å². The van der Waals surface area contributed by atoms with Crippen molar-refractivity contribution in [2.45, 2.75) is 26.8 Å². The van der Waals surface area contributed by atoms with Crippen molar-refractivity contribution in [3.8, 4) is 0 Å². The number of aliphatic carboxylic acids is 1. The fourth-order valence-corrected chi connectivity index (χ4v) is 0.927. The summed E-state index contributed by atoms with van der Waals surface area (Å²) in [6.45, 7) is 6.06. The SMILES string of the molecule is CC(CN[C@H](CO)C(C)C)C(=O)O. The van der Waals surface area contributed by atoms with Crippen LogP contribution in [0.4, 0.5) is 0 Å². The summed E-state index contributed by atoms with van der Waals surface area (Å²) in [4.78, 5) is 10.5. The van der Waals surface area contributed by atoms with Crippen LogP contribution in [0.25, 0.3) is 0 Å². The van der Waals surface area contributed by atoms with Crippen molar-refractivity contribution in [3.63, 3.8) is 0 Å². The molecule has 4 nitrogen and oxygen atoms in total. The minimum Gasteiger partial charge on any atom is -0.481 e. The van der Waals surface area contributed by atoms with Gasteiger partial charge in [-0.3, -0.25) is 4.79 Å². The maximum Gasteiger partial charge on any atom is 0.307 e. The Labute approximate surface area is 79.0 Å². The van der Waals surface area contributed by atoms with E-state index in [1.165, 1.54) is 0 Å². The number of rotatable bonds is 6. The molecule has 13 heavy (non-hydrogen) atoms. The Hall–Kier alpha value is -0.610. The van der Waals surface area contributed by atoms with E-state index in [0.717, 1.165) is 0 Å². The van der Waals surface area contributed by atoms with E-state index >= 15 is 0 Å². The molecule has 0 amide bonds. The maximum absolute atomic E-state index is 10.5. The molecule has 0 aromatic carbocycles. The monoisotopic (exact) mass is 189 g/mol. The van der Waals surface area contributed by atoms with Gasteiger partial charge in [-0.15, -0.1) is 0 Å². The molecule has 0 heterocycles. The van der Waals surface area contributed by atoms with Gasteiger partial charge in [0.1, 0.15) is 0 Å². The number of aliphatic hydroxyl groups is 1. The average Bonchev–Trinajstić information content (AvgIpc) is 2.04. The molecule has 0 aliphatic heterocycles. The lowest BCUT2D eigenvalue weighted by atomic mass is 10.0. The number of nitrogens with one attached hydrogen (secondary N) is 1.